The lowest BCUT2D eigenvalue weighted by atomic mass is 9.95. The fourth-order valence-corrected chi connectivity index (χ4v) is 4.82. The van der Waals surface area contributed by atoms with Crippen molar-refractivity contribution in [2.75, 3.05) is 29.9 Å². The van der Waals surface area contributed by atoms with E-state index in [4.69, 9.17) is 4.74 Å². The van der Waals surface area contributed by atoms with Gasteiger partial charge in [-0.1, -0.05) is 43.5 Å². The van der Waals surface area contributed by atoms with Gasteiger partial charge in [0.2, 0.25) is 0 Å². The molecule has 0 unspecified atom stereocenters. The first-order valence-corrected chi connectivity index (χ1v) is 12.5. The number of nitrogens with zero attached hydrogens (tertiary/aromatic N) is 1. The molecule has 2 aromatic rings. The zero-order chi connectivity index (χ0) is 24.6. The van der Waals surface area contributed by atoms with Crippen LogP contribution in [-0.4, -0.2) is 43.6 Å². The smallest absolute Gasteiger partial charge is 0.325 e. The van der Waals surface area contributed by atoms with E-state index in [0.29, 0.717) is 11.3 Å². The first-order valence-electron chi connectivity index (χ1n) is 12.5. The van der Waals surface area contributed by atoms with Gasteiger partial charge in [0.05, 0.1) is 12.2 Å². The average molecular weight is 479 g/mol. The number of esters is 1. The number of urea groups is 1. The van der Waals surface area contributed by atoms with Gasteiger partial charge >= 0.3 is 12.0 Å². The van der Waals surface area contributed by atoms with Gasteiger partial charge in [-0.3, -0.25) is 9.59 Å². The maximum absolute atomic E-state index is 13.4. The molecule has 0 aromatic heterocycles. The van der Waals surface area contributed by atoms with E-state index in [1.54, 1.807) is 19.1 Å². The highest BCUT2D eigenvalue weighted by molar-refractivity contribution is 6.02. The summed E-state index contributed by atoms with van der Waals surface area (Å²) in [6, 6.07) is 13.4. The standard InChI is InChI=1S/C27H34N4O4/c1-2-35-25(32)17-28-27(34)30-22-12-13-24(31-15-14-19-8-6-7-9-20(19)18-31)23(16-22)26(33)29-21-10-4-3-5-11-21/h6-9,12-13,16,21H,2-5,10-11,14-15,17-18H2,1H3,(H,29,33)(H2,28,30,34). The first kappa shape index (κ1) is 24.6. The number of ether oxygens (including phenoxy) is 1. The Morgan fingerprint density at radius 3 is 2.57 bits per heavy atom. The zero-order valence-electron chi connectivity index (χ0n) is 20.3. The lowest BCUT2D eigenvalue weighted by Gasteiger charge is -2.32. The summed E-state index contributed by atoms with van der Waals surface area (Å²) in [7, 11) is 0. The normalized spacial score (nSPS) is 15.6. The molecule has 3 N–H and O–H groups in total. The van der Waals surface area contributed by atoms with Crippen molar-refractivity contribution in [3.8, 4) is 0 Å². The predicted molar refractivity (Wildman–Crippen MR) is 136 cm³/mol. The van der Waals surface area contributed by atoms with E-state index < -0.39 is 12.0 Å². The number of fused-ring (bicyclic) bond motifs is 1. The molecule has 4 rings (SSSR count). The Morgan fingerprint density at radius 2 is 1.80 bits per heavy atom. The van der Waals surface area contributed by atoms with E-state index in [0.717, 1.165) is 50.9 Å². The van der Waals surface area contributed by atoms with Crippen LogP contribution in [0.2, 0.25) is 0 Å². The number of carbonyl (C=O) groups is 3. The summed E-state index contributed by atoms with van der Waals surface area (Å²) in [4.78, 5) is 39.5. The Morgan fingerprint density at radius 1 is 1.03 bits per heavy atom. The molecule has 3 amide bonds. The number of nitrogens with one attached hydrogen (secondary N) is 3. The van der Waals surface area contributed by atoms with Crippen molar-refractivity contribution in [2.45, 2.75) is 58.0 Å². The summed E-state index contributed by atoms with van der Waals surface area (Å²) in [6.07, 6.45) is 6.37. The summed E-state index contributed by atoms with van der Waals surface area (Å²) < 4.78 is 4.83. The van der Waals surface area contributed by atoms with Crippen LogP contribution in [0.1, 0.15) is 60.5 Å². The summed E-state index contributed by atoms with van der Waals surface area (Å²) in [6.45, 7) is 3.28. The third-order valence-electron chi connectivity index (χ3n) is 6.61. The molecule has 35 heavy (non-hydrogen) atoms. The quantitative estimate of drug-likeness (QED) is 0.523. The van der Waals surface area contributed by atoms with Gasteiger partial charge in [-0.05, 0) is 55.5 Å². The van der Waals surface area contributed by atoms with Gasteiger partial charge in [0, 0.05) is 30.5 Å². The van der Waals surface area contributed by atoms with E-state index in [2.05, 4.69) is 39.0 Å². The highest BCUT2D eigenvalue weighted by Crippen LogP contribution is 2.30. The van der Waals surface area contributed by atoms with E-state index >= 15 is 0 Å². The van der Waals surface area contributed by atoms with Crippen LogP contribution in [0, 0.1) is 0 Å². The molecule has 1 aliphatic heterocycles. The highest BCUT2D eigenvalue weighted by atomic mass is 16.5. The lowest BCUT2D eigenvalue weighted by molar-refractivity contribution is -0.141. The molecule has 0 radical (unpaired) electrons. The Kier molecular flexibility index (Phi) is 8.23. The average Bonchev–Trinajstić information content (AvgIpc) is 2.88. The molecule has 1 aliphatic carbocycles. The second-order valence-corrected chi connectivity index (χ2v) is 9.09. The number of benzene rings is 2. The number of hydrogen-bond acceptors (Lipinski definition) is 5. The molecule has 1 saturated carbocycles. The van der Waals surface area contributed by atoms with Gasteiger partial charge in [0.25, 0.3) is 5.91 Å². The van der Waals surface area contributed by atoms with Crippen molar-refractivity contribution in [3.63, 3.8) is 0 Å². The Labute approximate surface area is 206 Å². The molecule has 1 fully saturated rings. The molecule has 0 bridgehead atoms. The Balaban J connectivity index is 1.53. The van der Waals surface area contributed by atoms with E-state index in [1.165, 1.54) is 17.5 Å². The maximum Gasteiger partial charge on any atom is 0.325 e. The van der Waals surface area contributed by atoms with Gasteiger partial charge in [-0.15, -0.1) is 0 Å². The molecule has 2 aromatic carbocycles. The van der Waals surface area contributed by atoms with Gasteiger partial charge in [-0.2, -0.15) is 0 Å². The molecular weight excluding hydrogens is 444 g/mol. The number of carbonyl (C=O) groups excluding carboxylic acids is 3. The maximum atomic E-state index is 13.4. The number of rotatable bonds is 7. The molecule has 8 heteroatoms. The van der Waals surface area contributed by atoms with Crippen LogP contribution in [0.25, 0.3) is 0 Å². The van der Waals surface area contributed by atoms with Gasteiger partial charge < -0.3 is 25.6 Å². The van der Waals surface area contributed by atoms with E-state index in [-0.39, 0.29) is 25.1 Å². The topological polar surface area (TPSA) is 99.8 Å². The Bertz CT molecular complexity index is 1060. The second kappa shape index (κ2) is 11.7. The molecule has 0 spiro atoms. The number of amides is 3. The van der Waals surface area contributed by atoms with E-state index in [1.807, 2.05) is 12.1 Å². The van der Waals surface area contributed by atoms with Crippen molar-refractivity contribution in [1.29, 1.82) is 0 Å². The van der Waals surface area contributed by atoms with Crippen molar-refractivity contribution in [1.82, 2.24) is 10.6 Å². The fraction of sp³-hybridized carbons (Fsp3) is 0.444. The molecule has 186 valence electrons. The van der Waals surface area contributed by atoms with Crippen LogP contribution in [0.4, 0.5) is 16.2 Å². The number of hydrogen-bond donors (Lipinski definition) is 3. The molecule has 1 heterocycles. The zero-order valence-corrected chi connectivity index (χ0v) is 20.3. The van der Waals surface area contributed by atoms with Crippen LogP contribution in [0.15, 0.2) is 42.5 Å². The second-order valence-electron chi connectivity index (χ2n) is 9.09. The van der Waals surface area contributed by atoms with Crippen LogP contribution in [0.5, 0.6) is 0 Å². The SMILES string of the molecule is CCOC(=O)CNC(=O)Nc1ccc(N2CCc3ccccc3C2)c(C(=O)NC2CCCCC2)c1. The van der Waals surface area contributed by atoms with Crippen molar-refractivity contribution in [2.24, 2.45) is 0 Å². The largest absolute Gasteiger partial charge is 0.465 e. The molecule has 2 aliphatic rings. The van der Waals surface area contributed by atoms with Crippen LogP contribution in [-0.2, 0) is 22.5 Å². The van der Waals surface area contributed by atoms with Crippen LogP contribution in [0.3, 0.4) is 0 Å². The first-order chi connectivity index (χ1) is 17.0. The third-order valence-corrected chi connectivity index (χ3v) is 6.61. The summed E-state index contributed by atoms with van der Waals surface area (Å²) in [5, 5.41) is 8.42. The Hall–Kier alpha value is -3.55. The van der Waals surface area contributed by atoms with Gasteiger partial charge in [0.15, 0.2) is 0 Å². The summed E-state index contributed by atoms with van der Waals surface area (Å²) >= 11 is 0. The minimum atomic E-state index is -0.531. The monoisotopic (exact) mass is 478 g/mol. The highest BCUT2D eigenvalue weighted by Gasteiger charge is 2.24. The van der Waals surface area contributed by atoms with Gasteiger partial charge in [0.1, 0.15) is 6.54 Å². The van der Waals surface area contributed by atoms with E-state index in [9.17, 15) is 14.4 Å². The summed E-state index contributed by atoms with van der Waals surface area (Å²) in [5.74, 6) is -0.628. The number of anilines is 2. The minimum Gasteiger partial charge on any atom is -0.465 e. The molecule has 8 nitrogen and oxygen atoms in total. The minimum absolute atomic E-state index is 0.124. The third kappa shape index (κ3) is 6.53. The fourth-order valence-electron chi connectivity index (χ4n) is 4.82. The predicted octanol–water partition coefficient (Wildman–Crippen LogP) is 4.00. The van der Waals surface area contributed by atoms with Crippen molar-refractivity contribution in [3.05, 3.63) is 59.2 Å². The van der Waals surface area contributed by atoms with Crippen LogP contribution >= 0.6 is 0 Å². The lowest BCUT2D eigenvalue weighted by Crippen LogP contribution is -2.38. The summed E-state index contributed by atoms with van der Waals surface area (Å²) in [5.41, 5.74) is 4.48. The molecular formula is C27H34N4O4. The van der Waals surface area contributed by atoms with Crippen molar-refractivity contribution >= 4 is 29.3 Å². The molecule has 0 saturated heterocycles. The molecule has 0 atom stereocenters. The van der Waals surface area contributed by atoms with Crippen LogP contribution < -0.4 is 20.9 Å². The van der Waals surface area contributed by atoms with Gasteiger partial charge in [-0.25, -0.2) is 4.79 Å². The van der Waals surface area contributed by atoms with Crippen molar-refractivity contribution < 1.29 is 19.1 Å².